The van der Waals surface area contributed by atoms with E-state index < -0.39 is 0 Å². The van der Waals surface area contributed by atoms with Gasteiger partial charge in [-0.05, 0) is 50.4 Å². The first-order chi connectivity index (χ1) is 10.2. The van der Waals surface area contributed by atoms with Gasteiger partial charge in [0.25, 0.3) is 0 Å². The molecule has 4 heterocycles. The van der Waals surface area contributed by atoms with Crippen LogP contribution in [0, 0.1) is 12.3 Å². The predicted molar refractivity (Wildman–Crippen MR) is 80.8 cm³/mol. The van der Waals surface area contributed by atoms with Crippen molar-refractivity contribution in [1.82, 2.24) is 20.4 Å². The highest BCUT2D eigenvalue weighted by atomic mass is 16.3. The number of hydrogen-bond acceptors (Lipinski definition) is 4. The van der Waals surface area contributed by atoms with E-state index in [0.29, 0.717) is 5.41 Å². The molecule has 0 amide bonds. The van der Waals surface area contributed by atoms with E-state index >= 15 is 0 Å². The van der Waals surface area contributed by atoms with Gasteiger partial charge in [0.15, 0.2) is 5.76 Å². The average molecular weight is 286 g/mol. The lowest BCUT2D eigenvalue weighted by Gasteiger charge is -2.22. The monoisotopic (exact) mass is 286 g/mol. The third kappa shape index (κ3) is 2.40. The van der Waals surface area contributed by atoms with Crippen molar-refractivity contribution in [2.45, 2.75) is 26.3 Å². The highest BCUT2D eigenvalue weighted by Crippen LogP contribution is 2.37. The quantitative estimate of drug-likeness (QED) is 0.908. The number of hydrogen-bond donors (Lipinski definition) is 2. The summed E-state index contributed by atoms with van der Waals surface area (Å²) in [5.41, 5.74) is 2.77. The minimum atomic E-state index is 0.519. The molecule has 2 aromatic rings. The maximum atomic E-state index is 5.73. The van der Waals surface area contributed by atoms with Crippen molar-refractivity contribution in [2.24, 2.45) is 5.41 Å². The van der Waals surface area contributed by atoms with Crippen LogP contribution in [-0.2, 0) is 6.54 Å². The molecule has 4 rings (SSSR count). The lowest BCUT2D eigenvalue weighted by molar-refractivity contribution is 0.269. The molecule has 2 fully saturated rings. The van der Waals surface area contributed by atoms with E-state index in [1.807, 2.05) is 25.3 Å². The third-order valence-electron chi connectivity index (χ3n) is 4.95. The van der Waals surface area contributed by atoms with Gasteiger partial charge in [-0.15, -0.1) is 0 Å². The van der Waals surface area contributed by atoms with Gasteiger partial charge in [-0.2, -0.15) is 5.10 Å². The number of H-pyrrole nitrogens is 1. The van der Waals surface area contributed by atoms with Crippen LogP contribution in [0.1, 0.15) is 24.2 Å². The number of furan rings is 1. The summed E-state index contributed by atoms with van der Waals surface area (Å²) >= 11 is 0. The summed E-state index contributed by atoms with van der Waals surface area (Å²) in [4.78, 5) is 2.55. The first-order valence-corrected chi connectivity index (χ1v) is 7.76. The molecule has 2 aliphatic rings. The van der Waals surface area contributed by atoms with Crippen molar-refractivity contribution in [3.8, 4) is 11.5 Å². The van der Waals surface area contributed by atoms with Gasteiger partial charge < -0.3 is 9.73 Å². The second-order valence-corrected chi connectivity index (χ2v) is 6.57. The number of aromatic nitrogens is 2. The normalized spacial score (nSPS) is 26.1. The summed E-state index contributed by atoms with van der Waals surface area (Å²) in [6, 6.07) is 4.01. The molecule has 0 aliphatic carbocycles. The smallest absolute Gasteiger partial charge is 0.152 e. The fourth-order valence-corrected chi connectivity index (χ4v) is 3.76. The second kappa shape index (κ2) is 5.00. The number of aryl methyl sites for hydroxylation is 1. The SMILES string of the molecule is Cc1ccc(-c2[nH]ncc2CN2CCC3(CCNC3)C2)o1. The topological polar surface area (TPSA) is 57.1 Å². The number of likely N-dealkylation sites (tertiary alicyclic amines) is 1. The Morgan fingerprint density at radius 2 is 2.33 bits per heavy atom. The van der Waals surface area contributed by atoms with Crippen LogP contribution in [0.4, 0.5) is 0 Å². The molecule has 1 spiro atoms. The molecule has 0 bridgehead atoms. The van der Waals surface area contributed by atoms with Gasteiger partial charge in [0.05, 0.1) is 6.20 Å². The predicted octanol–water partition coefficient (Wildman–Crippen LogP) is 2.16. The van der Waals surface area contributed by atoms with Crippen LogP contribution in [0.5, 0.6) is 0 Å². The molecule has 0 aromatic carbocycles. The Morgan fingerprint density at radius 3 is 3.10 bits per heavy atom. The molecule has 2 N–H and O–H groups in total. The Morgan fingerprint density at radius 1 is 1.38 bits per heavy atom. The van der Waals surface area contributed by atoms with Gasteiger partial charge in [-0.1, -0.05) is 0 Å². The van der Waals surface area contributed by atoms with E-state index in [4.69, 9.17) is 4.42 Å². The van der Waals surface area contributed by atoms with Crippen LogP contribution in [0.15, 0.2) is 22.7 Å². The van der Waals surface area contributed by atoms with Gasteiger partial charge in [0.2, 0.25) is 0 Å². The summed E-state index contributed by atoms with van der Waals surface area (Å²) in [6.07, 6.45) is 4.57. The van der Waals surface area contributed by atoms with Crippen LogP contribution >= 0.6 is 0 Å². The molecular weight excluding hydrogens is 264 g/mol. The third-order valence-corrected chi connectivity index (χ3v) is 4.95. The summed E-state index contributed by atoms with van der Waals surface area (Å²) in [5.74, 6) is 1.82. The van der Waals surface area contributed by atoms with Crippen molar-refractivity contribution >= 4 is 0 Å². The number of nitrogens with one attached hydrogen (secondary N) is 2. The molecule has 0 saturated carbocycles. The Hall–Kier alpha value is -1.59. The van der Waals surface area contributed by atoms with Gasteiger partial charge in [-0.3, -0.25) is 10.00 Å². The van der Waals surface area contributed by atoms with Crippen LogP contribution in [0.2, 0.25) is 0 Å². The van der Waals surface area contributed by atoms with E-state index in [2.05, 4.69) is 20.4 Å². The van der Waals surface area contributed by atoms with Crippen molar-refractivity contribution in [3.05, 3.63) is 29.7 Å². The lowest BCUT2D eigenvalue weighted by Crippen LogP contribution is -2.28. The van der Waals surface area contributed by atoms with Crippen molar-refractivity contribution in [1.29, 1.82) is 0 Å². The maximum absolute atomic E-state index is 5.73. The largest absolute Gasteiger partial charge is 0.460 e. The molecule has 1 unspecified atom stereocenters. The zero-order valence-electron chi connectivity index (χ0n) is 12.5. The van der Waals surface area contributed by atoms with E-state index in [9.17, 15) is 0 Å². The Kier molecular flexibility index (Phi) is 3.12. The van der Waals surface area contributed by atoms with Crippen molar-refractivity contribution < 1.29 is 4.42 Å². The Labute approximate surface area is 124 Å². The molecule has 5 heteroatoms. The van der Waals surface area contributed by atoms with Crippen molar-refractivity contribution in [2.75, 3.05) is 26.2 Å². The highest BCUT2D eigenvalue weighted by Gasteiger charge is 2.40. The number of nitrogens with zero attached hydrogens (tertiary/aromatic N) is 2. The fraction of sp³-hybridized carbons (Fsp3) is 0.562. The maximum Gasteiger partial charge on any atom is 0.152 e. The molecule has 2 aliphatic heterocycles. The molecule has 21 heavy (non-hydrogen) atoms. The van der Waals surface area contributed by atoms with Gasteiger partial charge in [0, 0.05) is 25.2 Å². The summed E-state index contributed by atoms with van der Waals surface area (Å²) in [5, 5.41) is 10.8. The average Bonchev–Trinajstić information content (AvgIpc) is 3.21. The van der Waals surface area contributed by atoms with Crippen molar-refractivity contribution in [3.63, 3.8) is 0 Å². The van der Waals surface area contributed by atoms with Crippen LogP contribution in [-0.4, -0.2) is 41.3 Å². The molecule has 2 saturated heterocycles. The van der Waals surface area contributed by atoms with E-state index in [0.717, 1.165) is 23.8 Å². The molecule has 0 radical (unpaired) electrons. The van der Waals surface area contributed by atoms with Gasteiger partial charge >= 0.3 is 0 Å². The van der Waals surface area contributed by atoms with E-state index in [1.54, 1.807) is 0 Å². The van der Waals surface area contributed by atoms with E-state index in [1.165, 1.54) is 44.6 Å². The fourth-order valence-electron chi connectivity index (χ4n) is 3.76. The standard InChI is InChI=1S/C16H22N4O/c1-12-2-3-14(21-12)15-13(8-18-19-15)9-20-7-5-16(11-20)4-6-17-10-16/h2-3,8,17H,4-7,9-11H2,1H3,(H,18,19). The summed E-state index contributed by atoms with van der Waals surface area (Å²) < 4.78 is 5.73. The number of rotatable bonds is 3. The first kappa shape index (κ1) is 13.1. The van der Waals surface area contributed by atoms with Gasteiger partial charge in [0.1, 0.15) is 11.5 Å². The number of aromatic amines is 1. The Balaban J connectivity index is 1.50. The van der Waals surface area contributed by atoms with Gasteiger partial charge in [-0.25, -0.2) is 0 Å². The zero-order chi connectivity index (χ0) is 14.3. The Bertz CT molecular complexity index is 624. The molecule has 1 atom stereocenters. The molecule has 2 aromatic heterocycles. The van der Waals surface area contributed by atoms with E-state index in [-0.39, 0.29) is 0 Å². The first-order valence-electron chi connectivity index (χ1n) is 7.76. The van der Waals surface area contributed by atoms with Crippen LogP contribution in [0.25, 0.3) is 11.5 Å². The molecular formula is C16H22N4O. The minimum Gasteiger partial charge on any atom is -0.460 e. The van der Waals surface area contributed by atoms with Crippen LogP contribution < -0.4 is 5.32 Å². The van der Waals surface area contributed by atoms with Crippen LogP contribution in [0.3, 0.4) is 0 Å². The minimum absolute atomic E-state index is 0.519. The summed E-state index contributed by atoms with van der Waals surface area (Å²) in [6.45, 7) is 7.66. The molecule has 5 nitrogen and oxygen atoms in total. The lowest BCUT2D eigenvalue weighted by atomic mass is 9.86. The molecule has 112 valence electrons. The zero-order valence-corrected chi connectivity index (χ0v) is 12.5. The highest BCUT2D eigenvalue weighted by molar-refractivity contribution is 5.56. The second-order valence-electron chi connectivity index (χ2n) is 6.57. The summed E-state index contributed by atoms with van der Waals surface area (Å²) in [7, 11) is 0.